The van der Waals surface area contributed by atoms with Crippen LogP contribution in [0.4, 0.5) is 0 Å². The SMILES string of the molecule is CCNCCN(CC)/[N+]([O-])=N/O. The predicted molar refractivity (Wildman–Crippen MR) is 43.6 cm³/mol. The second-order valence-electron chi connectivity index (χ2n) is 2.24. The monoisotopic (exact) mass is 176 g/mol. The maximum Gasteiger partial charge on any atom is 0.230 e. The lowest BCUT2D eigenvalue weighted by Crippen LogP contribution is -2.36. The van der Waals surface area contributed by atoms with E-state index in [2.05, 4.69) is 10.6 Å². The van der Waals surface area contributed by atoms with Gasteiger partial charge in [0.15, 0.2) is 0 Å². The number of rotatable bonds is 6. The Labute approximate surface area is 72.0 Å². The fourth-order valence-corrected chi connectivity index (χ4v) is 0.806. The standard InChI is InChI=1S/C6H16N4O2/c1-3-7-5-6-9(4-2)10(12)8-11/h7,11H,3-6H2,1-2H3/b10-8-. The first kappa shape index (κ1) is 11.0. The molecule has 72 valence electrons. The minimum atomic E-state index is 0.192. The number of hydrogen-bond donors (Lipinski definition) is 2. The molecule has 0 aromatic carbocycles. The Morgan fingerprint density at radius 1 is 1.58 bits per heavy atom. The Kier molecular flexibility index (Phi) is 6.08. The van der Waals surface area contributed by atoms with Gasteiger partial charge in [-0.2, -0.15) is 0 Å². The van der Waals surface area contributed by atoms with E-state index in [4.69, 9.17) is 5.21 Å². The maximum absolute atomic E-state index is 10.7. The van der Waals surface area contributed by atoms with Crippen molar-refractivity contribution in [1.29, 1.82) is 0 Å². The highest BCUT2D eigenvalue weighted by atomic mass is 16.6. The van der Waals surface area contributed by atoms with Crippen LogP contribution in [-0.2, 0) is 0 Å². The summed E-state index contributed by atoms with van der Waals surface area (Å²) in [6.07, 6.45) is 0. The van der Waals surface area contributed by atoms with Crippen molar-refractivity contribution in [3.05, 3.63) is 5.21 Å². The molecule has 12 heavy (non-hydrogen) atoms. The molecule has 6 nitrogen and oxygen atoms in total. The smallest absolute Gasteiger partial charge is 0.230 e. The molecule has 0 aliphatic rings. The van der Waals surface area contributed by atoms with Gasteiger partial charge in [-0.3, -0.25) is 0 Å². The molecule has 0 aliphatic carbocycles. The minimum Gasteiger partial charge on any atom is -0.569 e. The molecular weight excluding hydrogens is 160 g/mol. The predicted octanol–water partition coefficient (Wildman–Crippen LogP) is 0.184. The third-order valence-electron chi connectivity index (χ3n) is 1.48. The second kappa shape index (κ2) is 6.66. The third kappa shape index (κ3) is 3.97. The third-order valence-corrected chi connectivity index (χ3v) is 1.48. The molecule has 6 heteroatoms. The van der Waals surface area contributed by atoms with Gasteiger partial charge in [0, 0.05) is 6.54 Å². The van der Waals surface area contributed by atoms with Gasteiger partial charge in [-0.1, -0.05) is 6.92 Å². The molecule has 0 bridgehead atoms. The van der Waals surface area contributed by atoms with Crippen molar-refractivity contribution >= 4 is 0 Å². The summed E-state index contributed by atoms with van der Waals surface area (Å²) in [7, 11) is 0. The lowest BCUT2D eigenvalue weighted by atomic mass is 10.5. The molecule has 0 heterocycles. The summed E-state index contributed by atoms with van der Waals surface area (Å²) in [5.41, 5.74) is 0. The van der Waals surface area contributed by atoms with Gasteiger partial charge in [-0.15, -0.1) is 5.01 Å². The Morgan fingerprint density at radius 2 is 2.25 bits per heavy atom. The summed E-state index contributed by atoms with van der Waals surface area (Å²) in [6, 6.07) is 0. The number of hydrazine groups is 1. The average molecular weight is 176 g/mol. The molecule has 2 N–H and O–H groups in total. The van der Waals surface area contributed by atoms with E-state index in [0.717, 1.165) is 6.54 Å². The summed E-state index contributed by atoms with van der Waals surface area (Å²) in [5, 5.41) is 25.9. The van der Waals surface area contributed by atoms with E-state index in [-0.39, 0.29) is 4.97 Å². The van der Waals surface area contributed by atoms with Crippen molar-refractivity contribution in [2.75, 3.05) is 26.2 Å². The van der Waals surface area contributed by atoms with Crippen LogP contribution in [0.1, 0.15) is 13.8 Å². The first-order chi connectivity index (χ1) is 5.76. The summed E-state index contributed by atoms with van der Waals surface area (Å²) >= 11 is 0. The zero-order chi connectivity index (χ0) is 9.40. The van der Waals surface area contributed by atoms with E-state index in [1.54, 1.807) is 0 Å². The quantitative estimate of drug-likeness (QED) is 0.262. The average Bonchev–Trinajstić information content (AvgIpc) is 2.11. The Bertz CT molecular complexity index is 140. The molecule has 0 spiro atoms. The maximum atomic E-state index is 10.7. The molecule has 0 aliphatic heterocycles. The second-order valence-corrected chi connectivity index (χ2v) is 2.24. The molecule has 0 rings (SSSR count). The highest BCUT2D eigenvalue weighted by molar-refractivity contribution is 4.46. The zero-order valence-electron chi connectivity index (χ0n) is 7.53. The zero-order valence-corrected chi connectivity index (χ0v) is 7.53. The van der Waals surface area contributed by atoms with Crippen molar-refractivity contribution in [2.45, 2.75) is 13.8 Å². The van der Waals surface area contributed by atoms with Gasteiger partial charge in [-0.25, -0.2) is 0 Å². The van der Waals surface area contributed by atoms with Crippen molar-refractivity contribution in [1.82, 2.24) is 10.3 Å². The van der Waals surface area contributed by atoms with Gasteiger partial charge in [0.2, 0.25) is 5.28 Å². The van der Waals surface area contributed by atoms with Gasteiger partial charge >= 0.3 is 0 Å². The molecule has 0 aromatic rings. The van der Waals surface area contributed by atoms with Crippen molar-refractivity contribution in [3.63, 3.8) is 0 Å². The van der Waals surface area contributed by atoms with Crippen LogP contribution in [0.3, 0.4) is 0 Å². The molecule has 0 fully saturated rings. The highest BCUT2D eigenvalue weighted by Gasteiger charge is 2.07. The fourth-order valence-electron chi connectivity index (χ4n) is 0.806. The van der Waals surface area contributed by atoms with Crippen LogP contribution in [0.5, 0.6) is 0 Å². The largest absolute Gasteiger partial charge is 0.569 e. The summed E-state index contributed by atoms with van der Waals surface area (Å²) in [6.45, 7) is 6.45. The van der Waals surface area contributed by atoms with Crippen molar-refractivity contribution < 1.29 is 10.2 Å². The summed E-state index contributed by atoms with van der Waals surface area (Å²) in [5.74, 6) is 0. The molecular formula is C6H16N4O2. The van der Waals surface area contributed by atoms with Crippen LogP contribution in [0.25, 0.3) is 0 Å². The van der Waals surface area contributed by atoms with Crippen LogP contribution in [0.15, 0.2) is 5.28 Å². The van der Waals surface area contributed by atoms with E-state index >= 15 is 0 Å². The Balaban J connectivity index is 3.68. The molecule has 0 saturated heterocycles. The number of nitrogens with one attached hydrogen (secondary N) is 1. The van der Waals surface area contributed by atoms with E-state index in [0.29, 0.717) is 19.6 Å². The topological polar surface area (TPSA) is 73.9 Å². The molecule has 0 radical (unpaired) electrons. The lowest BCUT2D eigenvalue weighted by Gasteiger charge is -2.15. The molecule has 0 saturated carbocycles. The van der Waals surface area contributed by atoms with Crippen LogP contribution >= 0.6 is 0 Å². The van der Waals surface area contributed by atoms with E-state index < -0.39 is 0 Å². The number of hydrogen-bond acceptors (Lipinski definition) is 3. The Morgan fingerprint density at radius 3 is 2.67 bits per heavy atom. The van der Waals surface area contributed by atoms with Gasteiger partial charge in [0.1, 0.15) is 0 Å². The van der Waals surface area contributed by atoms with Gasteiger partial charge in [0.05, 0.1) is 18.1 Å². The lowest BCUT2D eigenvalue weighted by molar-refractivity contribution is -0.708. The Hall–Kier alpha value is -1.04. The molecule has 0 atom stereocenters. The van der Waals surface area contributed by atoms with Crippen LogP contribution < -0.4 is 5.32 Å². The first-order valence-electron chi connectivity index (χ1n) is 4.04. The summed E-state index contributed by atoms with van der Waals surface area (Å²) < 4.78 is 0. The molecule has 0 aromatic heterocycles. The normalized spacial score (nSPS) is 11.7. The molecule has 0 amide bonds. The van der Waals surface area contributed by atoms with Crippen molar-refractivity contribution in [3.8, 4) is 0 Å². The van der Waals surface area contributed by atoms with Crippen LogP contribution in [0.2, 0.25) is 0 Å². The van der Waals surface area contributed by atoms with Gasteiger partial charge < -0.3 is 15.7 Å². The van der Waals surface area contributed by atoms with Gasteiger partial charge in [-0.05, 0) is 13.5 Å². The van der Waals surface area contributed by atoms with E-state index in [1.165, 1.54) is 5.01 Å². The first-order valence-corrected chi connectivity index (χ1v) is 4.04. The molecule has 0 unspecified atom stereocenters. The van der Waals surface area contributed by atoms with Crippen LogP contribution in [-0.4, -0.2) is 41.4 Å². The minimum absolute atomic E-state index is 0.192. The van der Waals surface area contributed by atoms with Crippen LogP contribution in [0, 0.1) is 5.21 Å². The van der Waals surface area contributed by atoms with E-state index in [9.17, 15) is 5.21 Å². The fraction of sp³-hybridized carbons (Fsp3) is 1.00. The summed E-state index contributed by atoms with van der Waals surface area (Å²) in [4.78, 5) is 0.192. The van der Waals surface area contributed by atoms with Gasteiger partial charge in [0.25, 0.3) is 0 Å². The number of nitrogens with zero attached hydrogens (tertiary/aromatic N) is 3. The number of likely N-dealkylation sites (N-methyl/N-ethyl adjacent to an activating group) is 2. The van der Waals surface area contributed by atoms with E-state index in [1.807, 2.05) is 13.8 Å². The van der Waals surface area contributed by atoms with Crippen molar-refractivity contribution in [2.24, 2.45) is 5.28 Å². The highest BCUT2D eigenvalue weighted by Crippen LogP contribution is 1.87.